The minimum atomic E-state index is -0.327. The lowest BCUT2D eigenvalue weighted by atomic mass is 9.96. The van der Waals surface area contributed by atoms with Crippen molar-refractivity contribution in [2.45, 2.75) is 38.1 Å². The number of hydrogen-bond acceptors (Lipinski definition) is 4. The van der Waals surface area contributed by atoms with E-state index in [0.717, 1.165) is 12.8 Å². The minimum absolute atomic E-state index is 0.258. The fourth-order valence-electron chi connectivity index (χ4n) is 2.42. The van der Waals surface area contributed by atoms with Gasteiger partial charge >= 0.3 is 0 Å². The van der Waals surface area contributed by atoms with Gasteiger partial charge in [0.2, 0.25) is 5.95 Å². The lowest BCUT2D eigenvalue weighted by molar-refractivity contribution is 0.0995. The molecule has 1 amide bonds. The Balaban J connectivity index is 1.66. The Hall–Kier alpha value is -2.11. The maximum atomic E-state index is 11.8. The topological polar surface area (TPSA) is 73.0 Å². The molecule has 0 saturated heterocycles. The molecule has 0 spiro atoms. The van der Waals surface area contributed by atoms with Gasteiger partial charge in [0, 0.05) is 0 Å². The average molecular weight is 260 g/mol. The van der Waals surface area contributed by atoms with Gasteiger partial charge in [0.25, 0.3) is 5.91 Å². The molecule has 100 valence electrons. The van der Waals surface area contributed by atoms with Gasteiger partial charge in [-0.05, 0) is 25.0 Å². The molecule has 1 N–H and O–H groups in total. The molecule has 1 aliphatic rings. The third kappa shape index (κ3) is 2.67. The second kappa shape index (κ2) is 5.26. The summed E-state index contributed by atoms with van der Waals surface area (Å²) in [7, 11) is 0. The van der Waals surface area contributed by atoms with Crippen molar-refractivity contribution in [1.82, 2.24) is 14.8 Å². The van der Waals surface area contributed by atoms with Gasteiger partial charge in [-0.1, -0.05) is 19.3 Å². The fourth-order valence-corrected chi connectivity index (χ4v) is 2.42. The zero-order valence-corrected chi connectivity index (χ0v) is 10.6. The van der Waals surface area contributed by atoms with Crippen LogP contribution in [0, 0.1) is 0 Å². The van der Waals surface area contributed by atoms with E-state index in [9.17, 15) is 4.79 Å². The summed E-state index contributed by atoms with van der Waals surface area (Å²) < 4.78 is 6.87. The van der Waals surface area contributed by atoms with Gasteiger partial charge in [-0.25, -0.2) is 9.67 Å². The normalized spacial score (nSPS) is 16.4. The van der Waals surface area contributed by atoms with E-state index in [-0.39, 0.29) is 11.7 Å². The summed E-state index contributed by atoms with van der Waals surface area (Å²) in [5.41, 5.74) is 0. The largest absolute Gasteiger partial charge is 0.459 e. The first-order valence-corrected chi connectivity index (χ1v) is 6.59. The molecule has 1 fully saturated rings. The Morgan fingerprint density at radius 1 is 1.37 bits per heavy atom. The molecule has 0 unspecified atom stereocenters. The molecule has 0 aromatic carbocycles. The Labute approximate surface area is 110 Å². The van der Waals surface area contributed by atoms with Crippen LogP contribution in [0.5, 0.6) is 0 Å². The summed E-state index contributed by atoms with van der Waals surface area (Å²) in [4.78, 5) is 15.9. The van der Waals surface area contributed by atoms with Crippen molar-refractivity contribution in [1.29, 1.82) is 0 Å². The van der Waals surface area contributed by atoms with Gasteiger partial charge in [0.05, 0.1) is 12.3 Å². The second-order valence-corrected chi connectivity index (χ2v) is 4.77. The van der Waals surface area contributed by atoms with Gasteiger partial charge < -0.3 is 4.42 Å². The second-order valence-electron chi connectivity index (χ2n) is 4.77. The van der Waals surface area contributed by atoms with Crippen molar-refractivity contribution < 1.29 is 9.21 Å². The lowest BCUT2D eigenvalue weighted by Crippen LogP contribution is -2.15. The molecule has 6 heteroatoms. The highest BCUT2D eigenvalue weighted by Crippen LogP contribution is 2.27. The highest BCUT2D eigenvalue weighted by Gasteiger charge is 2.17. The van der Waals surface area contributed by atoms with E-state index in [0.29, 0.717) is 12.0 Å². The number of anilines is 1. The first-order valence-electron chi connectivity index (χ1n) is 6.59. The van der Waals surface area contributed by atoms with Crippen molar-refractivity contribution in [2.24, 2.45) is 0 Å². The Morgan fingerprint density at radius 3 is 2.95 bits per heavy atom. The minimum Gasteiger partial charge on any atom is -0.459 e. The third-order valence-electron chi connectivity index (χ3n) is 3.43. The third-order valence-corrected chi connectivity index (χ3v) is 3.43. The molecule has 0 radical (unpaired) electrons. The number of nitrogens with zero attached hydrogens (tertiary/aromatic N) is 3. The van der Waals surface area contributed by atoms with E-state index in [1.165, 1.54) is 25.5 Å². The van der Waals surface area contributed by atoms with Crippen LogP contribution in [0.3, 0.4) is 0 Å². The van der Waals surface area contributed by atoms with Crippen LogP contribution in [-0.2, 0) is 0 Å². The molecule has 2 aromatic rings. The van der Waals surface area contributed by atoms with Crippen molar-refractivity contribution in [3.05, 3.63) is 30.5 Å². The number of carbonyl (C=O) groups is 1. The number of furan rings is 1. The Morgan fingerprint density at radius 2 is 2.21 bits per heavy atom. The average Bonchev–Trinajstić information content (AvgIpc) is 3.11. The van der Waals surface area contributed by atoms with E-state index < -0.39 is 0 Å². The monoisotopic (exact) mass is 260 g/mol. The van der Waals surface area contributed by atoms with E-state index in [2.05, 4.69) is 15.4 Å². The first kappa shape index (κ1) is 12.0. The maximum absolute atomic E-state index is 11.8. The van der Waals surface area contributed by atoms with Crippen molar-refractivity contribution in [3.63, 3.8) is 0 Å². The van der Waals surface area contributed by atoms with E-state index in [4.69, 9.17) is 4.42 Å². The van der Waals surface area contributed by atoms with Crippen LogP contribution in [0.15, 0.2) is 29.1 Å². The van der Waals surface area contributed by atoms with Crippen molar-refractivity contribution in [3.8, 4) is 0 Å². The number of hydrogen-bond donors (Lipinski definition) is 1. The van der Waals surface area contributed by atoms with E-state index in [1.54, 1.807) is 18.5 Å². The standard InChI is InChI=1S/C13H16N4O2/c18-12(11-7-4-8-19-11)15-13-14-9-17(16-13)10-5-2-1-3-6-10/h4,7-10H,1-3,5-6H2,(H,15,16,18). The summed E-state index contributed by atoms with van der Waals surface area (Å²) in [6.45, 7) is 0. The zero-order chi connectivity index (χ0) is 13.1. The highest BCUT2D eigenvalue weighted by atomic mass is 16.3. The smallest absolute Gasteiger partial charge is 0.293 e. The van der Waals surface area contributed by atoms with Gasteiger partial charge in [-0.3, -0.25) is 10.1 Å². The van der Waals surface area contributed by atoms with Crippen LogP contribution in [0.1, 0.15) is 48.7 Å². The van der Waals surface area contributed by atoms with Crippen LogP contribution in [-0.4, -0.2) is 20.7 Å². The molecule has 2 aromatic heterocycles. The van der Waals surface area contributed by atoms with Gasteiger partial charge in [0.15, 0.2) is 5.76 Å². The quantitative estimate of drug-likeness (QED) is 0.920. The predicted octanol–water partition coefficient (Wildman–Crippen LogP) is 2.63. The summed E-state index contributed by atoms with van der Waals surface area (Å²) in [5, 5.41) is 6.94. The summed E-state index contributed by atoms with van der Waals surface area (Å²) >= 11 is 0. The molecule has 1 aliphatic carbocycles. The molecule has 2 heterocycles. The number of carbonyl (C=O) groups excluding carboxylic acids is 1. The zero-order valence-electron chi connectivity index (χ0n) is 10.6. The first-order chi connectivity index (χ1) is 9.33. The van der Waals surface area contributed by atoms with Crippen LogP contribution in [0.2, 0.25) is 0 Å². The molecule has 19 heavy (non-hydrogen) atoms. The van der Waals surface area contributed by atoms with Crippen LogP contribution in [0.4, 0.5) is 5.95 Å². The Kier molecular flexibility index (Phi) is 3.31. The molecule has 1 saturated carbocycles. The van der Waals surface area contributed by atoms with Gasteiger partial charge in [0.1, 0.15) is 6.33 Å². The van der Waals surface area contributed by atoms with Crippen LogP contribution in [0.25, 0.3) is 0 Å². The van der Waals surface area contributed by atoms with Crippen molar-refractivity contribution >= 4 is 11.9 Å². The van der Waals surface area contributed by atoms with Gasteiger partial charge in [-0.2, -0.15) is 0 Å². The summed E-state index contributed by atoms with van der Waals surface area (Å²) in [5.74, 6) is 0.257. The lowest BCUT2D eigenvalue weighted by Gasteiger charge is -2.20. The van der Waals surface area contributed by atoms with E-state index in [1.807, 2.05) is 4.68 Å². The molecular weight excluding hydrogens is 244 g/mol. The number of rotatable bonds is 3. The number of amides is 1. The van der Waals surface area contributed by atoms with Crippen LogP contribution >= 0.6 is 0 Å². The van der Waals surface area contributed by atoms with Crippen LogP contribution < -0.4 is 5.32 Å². The predicted molar refractivity (Wildman–Crippen MR) is 68.8 cm³/mol. The maximum Gasteiger partial charge on any atom is 0.293 e. The highest BCUT2D eigenvalue weighted by molar-refractivity contribution is 6.01. The SMILES string of the molecule is O=C(Nc1ncn(C2CCCCC2)n1)c1ccco1. The number of nitrogens with one attached hydrogen (secondary N) is 1. The molecule has 6 nitrogen and oxygen atoms in total. The fraction of sp³-hybridized carbons (Fsp3) is 0.462. The Bertz CT molecular complexity index is 541. The molecule has 0 atom stereocenters. The van der Waals surface area contributed by atoms with Crippen molar-refractivity contribution in [2.75, 3.05) is 5.32 Å². The summed E-state index contributed by atoms with van der Waals surface area (Å²) in [6.07, 6.45) is 9.19. The summed E-state index contributed by atoms with van der Waals surface area (Å²) in [6, 6.07) is 3.69. The molecule has 3 rings (SSSR count). The van der Waals surface area contributed by atoms with Gasteiger partial charge in [-0.15, -0.1) is 5.10 Å². The molecule has 0 aliphatic heterocycles. The molecule has 0 bridgehead atoms. The number of aromatic nitrogens is 3. The molecular formula is C13H16N4O2. The van der Waals surface area contributed by atoms with E-state index >= 15 is 0 Å².